The third kappa shape index (κ3) is 3.15. The van der Waals surface area contributed by atoms with Gasteiger partial charge in [-0.3, -0.25) is 4.79 Å². The molecule has 0 unspecified atom stereocenters. The number of pyridine rings is 1. The van der Waals surface area contributed by atoms with Crippen molar-refractivity contribution >= 4 is 11.6 Å². The molecule has 134 valence electrons. The number of rotatable bonds is 6. The number of carbonyl (C=O) groups excluding carboxylic acids is 1. The van der Waals surface area contributed by atoms with Crippen LogP contribution >= 0.6 is 0 Å². The number of ether oxygens (including phenoxy) is 3. The predicted octanol–water partition coefficient (Wildman–Crippen LogP) is 2.43. The molecule has 1 aromatic carbocycles. The number of carbonyl (C=O) groups is 1. The summed E-state index contributed by atoms with van der Waals surface area (Å²) in [5.74, 6) is 1.87. The first-order chi connectivity index (χ1) is 12.7. The van der Waals surface area contributed by atoms with Crippen LogP contribution in [-0.4, -0.2) is 35.2 Å². The van der Waals surface area contributed by atoms with Crippen LogP contribution in [0.1, 0.15) is 23.0 Å². The maximum absolute atomic E-state index is 12.3. The summed E-state index contributed by atoms with van der Waals surface area (Å²) in [5.41, 5.74) is 2.22. The van der Waals surface area contributed by atoms with Crippen LogP contribution in [0.15, 0.2) is 42.7 Å². The van der Waals surface area contributed by atoms with E-state index in [2.05, 4.69) is 10.3 Å². The number of nitrogens with one attached hydrogen (secondary N) is 1. The van der Waals surface area contributed by atoms with Gasteiger partial charge in [-0.1, -0.05) is 0 Å². The Kier molecular flexibility index (Phi) is 4.35. The highest BCUT2D eigenvalue weighted by molar-refractivity contribution is 5.94. The third-order valence-corrected chi connectivity index (χ3v) is 4.10. The Morgan fingerprint density at radius 1 is 1.31 bits per heavy atom. The number of benzene rings is 1. The molecule has 0 radical (unpaired) electrons. The molecule has 1 aliphatic rings. The van der Waals surface area contributed by atoms with Gasteiger partial charge in [0.2, 0.25) is 6.79 Å². The number of nitrogens with zero attached hydrogens (tertiary/aromatic N) is 2. The van der Waals surface area contributed by atoms with E-state index in [0.29, 0.717) is 36.6 Å². The standard InChI is InChI=1S/C19H19N3O4/c1-2-24-16-4-3-9-22-11-14(21-18(16)22)7-8-20-19(23)13-5-6-15-17(10-13)26-12-25-15/h3-6,9-11H,2,7-8,12H2,1H3,(H,20,23). The Hall–Kier alpha value is -3.22. The van der Waals surface area contributed by atoms with Crippen LogP contribution in [0, 0.1) is 0 Å². The fourth-order valence-corrected chi connectivity index (χ4v) is 2.87. The number of amides is 1. The Morgan fingerprint density at radius 2 is 2.19 bits per heavy atom. The second kappa shape index (κ2) is 6.95. The highest BCUT2D eigenvalue weighted by Gasteiger charge is 2.16. The summed E-state index contributed by atoms with van der Waals surface area (Å²) in [5, 5.41) is 2.91. The zero-order valence-corrected chi connectivity index (χ0v) is 14.4. The Labute approximate surface area is 150 Å². The topological polar surface area (TPSA) is 74.1 Å². The second-order valence-corrected chi connectivity index (χ2v) is 5.84. The molecule has 0 spiro atoms. The molecule has 1 amide bonds. The number of fused-ring (bicyclic) bond motifs is 2. The molecule has 0 bridgehead atoms. The van der Waals surface area contributed by atoms with Crippen LogP contribution in [0.2, 0.25) is 0 Å². The molecule has 0 atom stereocenters. The molecule has 3 heterocycles. The summed E-state index contributed by atoms with van der Waals surface area (Å²) in [4.78, 5) is 16.9. The molecule has 0 saturated carbocycles. The third-order valence-electron chi connectivity index (χ3n) is 4.10. The van der Waals surface area contributed by atoms with Gasteiger partial charge in [0, 0.05) is 30.9 Å². The summed E-state index contributed by atoms with van der Waals surface area (Å²) in [6.07, 6.45) is 4.51. The van der Waals surface area contributed by atoms with Crippen molar-refractivity contribution in [2.45, 2.75) is 13.3 Å². The van der Waals surface area contributed by atoms with E-state index in [1.807, 2.05) is 35.9 Å². The van der Waals surface area contributed by atoms with E-state index in [0.717, 1.165) is 17.1 Å². The summed E-state index contributed by atoms with van der Waals surface area (Å²) < 4.78 is 18.1. The molecule has 7 nitrogen and oxygen atoms in total. The summed E-state index contributed by atoms with van der Waals surface area (Å²) in [6, 6.07) is 8.98. The summed E-state index contributed by atoms with van der Waals surface area (Å²) in [7, 11) is 0. The smallest absolute Gasteiger partial charge is 0.251 e. The maximum atomic E-state index is 12.3. The molecule has 3 aromatic rings. The normalized spacial score (nSPS) is 12.3. The van der Waals surface area contributed by atoms with E-state index in [1.54, 1.807) is 18.2 Å². The van der Waals surface area contributed by atoms with Crippen LogP contribution in [-0.2, 0) is 6.42 Å². The minimum atomic E-state index is -0.151. The fraction of sp³-hybridized carbons (Fsp3) is 0.263. The minimum Gasteiger partial charge on any atom is -0.490 e. The first-order valence-corrected chi connectivity index (χ1v) is 8.52. The van der Waals surface area contributed by atoms with Gasteiger partial charge in [-0.2, -0.15) is 0 Å². The molecule has 7 heteroatoms. The van der Waals surface area contributed by atoms with E-state index in [4.69, 9.17) is 14.2 Å². The van der Waals surface area contributed by atoms with Crippen LogP contribution in [0.3, 0.4) is 0 Å². The largest absolute Gasteiger partial charge is 0.490 e. The number of hydrogen-bond donors (Lipinski definition) is 1. The van der Waals surface area contributed by atoms with Crippen molar-refractivity contribution in [2.24, 2.45) is 0 Å². The minimum absolute atomic E-state index is 0.151. The Bertz CT molecular complexity index is 951. The molecule has 26 heavy (non-hydrogen) atoms. The van der Waals surface area contributed by atoms with Crippen LogP contribution in [0.25, 0.3) is 5.65 Å². The van der Waals surface area contributed by atoms with Gasteiger partial charge in [0.05, 0.1) is 12.3 Å². The first-order valence-electron chi connectivity index (χ1n) is 8.52. The van der Waals surface area contributed by atoms with Gasteiger partial charge in [0.1, 0.15) is 0 Å². The average molecular weight is 353 g/mol. The second-order valence-electron chi connectivity index (χ2n) is 5.84. The molecule has 1 aliphatic heterocycles. The van der Waals surface area contributed by atoms with Crippen molar-refractivity contribution in [3.8, 4) is 17.2 Å². The lowest BCUT2D eigenvalue weighted by atomic mass is 10.2. The lowest BCUT2D eigenvalue weighted by molar-refractivity contribution is 0.0953. The van der Waals surface area contributed by atoms with Gasteiger partial charge in [0.25, 0.3) is 5.91 Å². The summed E-state index contributed by atoms with van der Waals surface area (Å²) in [6.45, 7) is 3.21. The van der Waals surface area contributed by atoms with E-state index in [-0.39, 0.29) is 12.7 Å². The molecule has 4 rings (SSSR count). The Balaban J connectivity index is 1.39. The van der Waals surface area contributed by atoms with Crippen molar-refractivity contribution < 1.29 is 19.0 Å². The van der Waals surface area contributed by atoms with E-state index in [1.165, 1.54) is 0 Å². The highest BCUT2D eigenvalue weighted by atomic mass is 16.7. The van der Waals surface area contributed by atoms with Gasteiger partial charge in [-0.05, 0) is 37.3 Å². The monoisotopic (exact) mass is 353 g/mol. The highest BCUT2D eigenvalue weighted by Crippen LogP contribution is 2.32. The van der Waals surface area contributed by atoms with Crippen molar-refractivity contribution in [3.05, 3.63) is 54.0 Å². The molecule has 2 aromatic heterocycles. The summed E-state index contributed by atoms with van der Waals surface area (Å²) >= 11 is 0. The van der Waals surface area contributed by atoms with Gasteiger partial charge in [0.15, 0.2) is 22.9 Å². The van der Waals surface area contributed by atoms with E-state index in [9.17, 15) is 4.79 Å². The fourth-order valence-electron chi connectivity index (χ4n) is 2.87. The zero-order chi connectivity index (χ0) is 17.9. The molecule has 0 fully saturated rings. The molecular formula is C19H19N3O4. The number of hydrogen-bond acceptors (Lipinski definition) is 5. The van der Waals surface area contributed by atoms with Crippen molar-refractivity contribution in [2.75, 3.05) is 19.9 Å². The van der Waals surface area contributed by atoms with E-state index < -0.39 is 0 Å². The average Bonchev–Trinajstić information content (AvgIpc) is 3.28. The van der Waals surface area contributed by atoms with Gasteiger partial charge < -0.3 is 23.9 Å². The predicted molar refractivity (Wildman–Crippen MR) is 95.0 cm³/mol. The lowest BCUT2D eigenvalue weighted by Gasteiger charge is -2.05. The van der Waals surface area contributed by atoms with Crippen molar-refractivity contribution in [3.63, 3.8) is 0 Å². The van der Waals surface area contributed by atoms with Gasteiger partial charge in [-0.25, -0.2) is 4.98 Å². The van der Waals surface area contributed by atoms with Crippen molar-refractivity contribution in [1.82, 2.24) is 14.7 Å². The first kappa shape index (κ1) is 16.3. The van der Waals surface area contributed by atoms with E-state index >= 15 is 0 Å². The van der Waals surface area contributed by atoms with Crippen LogP contribution < -0.4 is 19.5 Å². The van der Waals surface area contributed by atoms with Crippen LogP contribution in [0.5, 0.6) is 17.2 Å². The van der Waals surface area contributed by atoms with Gasteiger partial charge >= 0.3 is 0 Å². The quantitative estimate of drug-likeness (QED) is 0.737. The molecule has 0 aliphatic carbocycles. The molecular weight excluding hydrogens is 334 g/mol. The SMILES string of the molecule is CCOc1cccn2cc(CCNC(=O)c3ccc4c(c3)OCO4)nc12. The lowest BCUT2D eigenvalue weighted by Crippen LogP contribution is -2.25. The number of aromatic nitrogens is 2. The van der Waals surface area contributed by atoms with Crippen molar-refractivity contribution in [1.29, 1.82) is 0 Å². The molecule has 0 saturated heterocycles. The van der Waals surface area contributed by atoms with Gasteiger partial charge in [-0.15, -0.1) is 0 Å². The van der Waals surface area contributed by atoms with Crippen LogP contribution in [0.4, 0.5) is 0 Å². The Morgan fingerprint density at radius 3 is 3.08 bits per heavy atom. The number of imidazole rings is 1. The molecule has 1 N–H and O–H groups in total. The zero-order valence-electron chi connectivity index (χ0n) is 14.4. The maximum Gasteiger partial charge on any atom is 0.251 e.